The maximum Gasteiger partial charge on any atom is 0.227 e. The zero-order valence-corrected chi connectivity index (χ0v) is 15.7. The average Bonchev–Trinajstić information content (AvgIpc) is 3.49. The molecule has 144 valence electrons. The molecule has 2 fully saturated rings. The number of aromatic nitrogens is 2. The number of hydrogen-bond acceptors (Lipinski definition) is 5. The predicted molar refractivity (Wildman–Crippen MR) is 101 cm³/mol. The molecule has 1 amide bonds. The number of rotatable bonds is 6. The third-order valence-electron chi connectivity index (χ3n) is 5.28. The normalized spacial score (nSPS) is 17.6. The highest BCUT2D eigenvalue weighted by molar-refractivity contribution is 5.98. The monoisotopic (exact) mass is 371 g/mol. The molecule has 0 atom stereocenters. The molecule has 2 N–H and O–H groups in total. The number of carbonyl (C=O) groups is 1. The van der Waals surface area contributed by atoms with Gasteiger partial charge in [-0.05, 0) is 43.9 Å². The molecule has 0 spiro atoms. The van der Waals surface area contributed by atoms with E-state index in [1.807, 2.05) is 18.2 Å². The molecule has 1 aromatic carbocycles. The summed E-state index contributed by atoms with van der Waals surface area (Å²) in [6, 6.07) is 5.58. The lowest BCUT2D eigenvalue weighted by molar-refractivity contribution is -0.117. The summed E-state index contributed by atoms with van der Waals surface area (Å²) in [6.07, 6.45) is 3.72. The number of methoxy groups -OCH3 is 2. The first-order chi connectivity index (χ1) is 13.2. The molecule has 1 aliphatic heterocycles. The number of nitrogens with zero attached hydrogens (tertiary/aromatic N) is 1. The van der Waals surface area contributed by atoms with Gasteiger partial charge in [-0.2, -0.15) is 5.10 Å². The predicted octanol–water partition coefficient (Wildman–Crippen LogP) is 3.34. The van der Waals surface area contributed by atoms with Crippen molar-refractivity contribution in [3.8, 4) is 22.8 Å². The van der Waals surface area contributed by atoms with Crippen LogP contribution in [0.4, 0.5) is 5.69 Å². The van der Waals surface area contributed by atoms with E-state index in [4.69, 9.17) is 14.2 Å². The topological polar surface area (TPSA) is 85.5 Å². The van der Waals surface area contributed by atoms with E-state index in [1.54, 1.807) is 14.2 Å². The molecule has 4 rings (SSSR count). The fraction of sp³-hybridized carbons (Fsp3) is 0.500. The van der Waals surface area contributed by atoms with E-state index in [-0.39, 0.29) is 17.7 Å². The summed E-state index contributed by atoms with van der Waals surface area (Å²) in [7, 11) is 3.25. The fourth-order valence-corrected chi connectivity index (χ4v) is 3.53. The maximum atomic E-state index is 12.5. The minimum Gasteiger partial charge on any atom is -0.497 e. The van der Waals surface area contributed by atoms with Crippen LogP contribution < -0.4 is 14.8 Å². The molecule has 1 saturated heterocycles. The third-order valence-corrected chi connectivity index (χ3v) is 5.28. The molecule has 2 aliphatic rings. The van der Waals surface area contributed by atoms with E-state index < -0.39 is 0 Å². The Morgan fingerprint density at radius 1 is 1.19 bits per heavy atom. The zero-order valence-electron chi connectivity index (χ0n) is 15.7. The van der Waals surface area contributed by atoms with Gasteiger partial charge in [0.15, 0.2) is 0 Å². The first-order valence-electron chi connectivity index (χ1n) is 9.40. The van der Waals surface area contributed by atoms with Gasteiger partial charge in [-0.15, -0.1) is 0 Å². The van der Waals surface area contributed by atoms with Crippen LogP contribution in [0.25, 0.3) is 11.3 Å². The average molecular weight is 371 g/mol. The van der Waals surface area contributed by atoms with Gasteiger partial charge in [0.25, 0.3) is 0 Å². The first-order valence-corrected chi connectivity index (χ1v) is 9.40. The van der Waals surface area contributed by atoms with Gasteiger partial charge in [-0.3, -0.25) is 9.89 Å². The summed E-state index contributed by atoms with van der Waals surface area (Å²) < 4.78 is 16.4. The Morgan fingerprint density at radius 2 is 1.96 bits per heavy atom. The van der Waals surface area contributed by atoms with Crippen molar-refractivity contribution in [1.29, 1.82) is 0 Å². The van der Waals surface area contributed by atoms with Gasteiger partial charge in [0.2, 0.25) is 5.91 Å². The second-order valence-corrected chi connectivity index (χ2v) is 7.08. The van der Waals surface area contributed by atoms with Gasteiger partial charge in [0.05, 0.1) is 25.6 Å². The number of amides is 1. The number of carbonyl (C=O) groups excluding carboxylic acids is 1. The molecular weight excluding hydrogens is 346 g/mol. The van der Waals surface area contributed by atoms with Crippen LogP contribution in [0.3, 0.4) is 0 Å². The highest BCUT2D eigenvalue weighted by Crippen LogP contribution is 2.42. The summed E-state index contributed by atoms with van der Waals surface area (Å²) in [5, 5.41) is 10.9. The van der Waals surface area contributed by atoms with E-state index in [1.165, 1.54) is 0 Å². The Labute approximate surface area is 158 Å². The van der Waals surface area contributed by atoms with Gasteiger partial charge in [-0.25, -0.2) is 0 Å². The van der Waals surface area contributed by atoms with Crippen molar-refractivity contribution in [3.63, 3.8) is 0 Å². The van der Waals surface area contributed by atoms with Crippen LogP contribution in [-0.4, -0.2) is 43.5 Å². The van der Waals surface area contributed by atoms with Gasteiger partial charge in [0.1, 0.15) is 17.2 Å². The number of aromatic amines is 1. The standard InChI is InChI=1S/C20H25N3O4/c1-25-14-5-6-16(26-2)15(11-14)18-19(21-20(24)13-3-4-13)17(22-23-18)12-7-9-27-10-8-12/h5-6,11-13H,3-4,7-10H2,1-2H3,(H,21,24)(H,22,23). The molecule has 0 unspecified atom stereocenters. The number of benzene rings is 1. The second kappa shape index (κ2) is 7.60. The SMILES string of the molecule is COc1ccc(OC)c(-c2n[nH]c(C3CCOCC3)c2NC(=O)C2CC2)c1. The Hall–Kier alpha value is -2.54. The van der Waals surface area contributed by atoms with Crippen molar-refractivity contribution in [2.75, 3.05) is 32.8 Å². The van der Waals surface area contributed by atoms with Crippen LogP contribution in [0, 0.1) is 5.92 Å². The van der Waals surface area contributed by atoms with Crippen LogP contribution in [0.15, 0.2) is 18.2 Å². The molecule has 7 nitrogen and oxygen atoms in total. The van der Waals surface area contributed by atoms with Crippen LogP contribution in [0.5, 0.6) is 11.5 Å². The zero-order chi connectivity index (χ0) is 18.8. The molecule has 2 aromatic rings. The van der Waals surface area contributed by atoms with Gasteiger partial charge in [-0.1, -0.05) is 0 Å². The summed E-state index contributed by atoms with van der Waals surface area (Å²) >= 11 is 0. The fourth-order valence-electron chi connectivity index (χ4n) is 3.53. The molecule has 0 radical (unpaired) electrons. The van der Waals surface area contributed by atoms with Crippen LogP contribution in [-0.2, 0) is 9.53 Å². The van der Waals surface area contributed by atoms with Crippen LogP contribution in [0.2, 0.25) is 0 Å². The van der Waals surface area contributed by atoms with Crippen molar-refractivity contribution in [2.24, 2.45) is 5.92 Å². The molecule has 1 aliphatic carbocycles. The molecule has 0 bridgehead atoms. The molecule has 7 heteroatoms. The Morgan fingerprint density at radius 3 is 2.63 bits per heavy atom. The smallest absolute Gasteiger partial charge is 0.227 e. The number of hydrogen-bond donors (Lipinski definition) is 2. The lowest BCUT2D eigenvalue weighted by atomic mass is 9.94. The minimum atomic E-state index is 0.0628. The summed E-state index contributed by atoms with van der Waals surface area (Å²) in [6.45, 7) is 1.44. The summed E-state index contributed by atoms with van der Waals surface area (Å²) in [5.74, 6) is 1.85. The van der Waals surface area contributed by atoms with Crippen LogP contribution >= 0.6 is 0 Å². The lowest BCUT2D eigenvalue weighted by Crippen LogP contribution is -2.19. The molecule has 1 aromatic heterocycles. The van der Waals surface area contributed by atoms with Crippen molar-refractivity contribution in [2.45, 2.75) is 31.6 Å². The Kier molecular flexibility index (Phi) is 5.03. The van der Waals surface area contributed by atoms with Gasteiger partial charge in [0, 0.05) is 30.6 Å². The summed E-state index contributed by atoms with van der Waals surface area (Å²) in [4.78, 5) is 12.5. The highest BCUT2D eigenvalue weighted by atomic mass is 16.5. The van der Waals surface area contributed by atoms with Crippen LogP contribution in [0.1, 0.15) is 37.3 Å². The third kappa shape index (κ3) is 3.64. The van der Waals surface area contributed by atoms with E-state index in [9.17, 15) is 4.79 Å². The first kappa shape index (κ1) is 17.9. The number of nitrogens with one attached hydrogen (secondary N) is 2. The molecule has 27 heavy (non-hydrogen) atoms. The summed E-state index contributed by atoms with van der Waals surface area (Å²) in [5.41, 5.74) is 3.19. The number of anilines is 1. The van der Waals surface area contributed by atoms with E-state index in [0.717, 1.165) is 55.8 Å². The minimum absolute atomic E-state index is 0.0628. The Balaban J connectivity index is 1.77. The van der Waals surface area contributed by atoms with Crippen molar-refractivity contribution >= 4 is 11.6 Å². The van der Waals surface area contributed by atoms with E-state index in [2.05, 4.69) is 15.5 Å². The van der Waals surface area contributed by atoms with Crippen molar-refractivity contribution in [1.82, 2.24) is 10.2 Å². The quantitative estimate of drug-likeness (QED) is 0.813. The van der Waals surface area contributed by atoms with E-state index >= 15 is 0 Å². The Bertz CT molecular complexity index is 823. The van der Waals surface area contributed by atoms with Gasteiger partial charge < -0.3 is 19.5 Å². The highest BCUT2D eigenvalue weighted by Gasteiger charge is 2.33. The van der Waals surface area contributed by atoms with Gasteiger partial charge >= 0.3 is 0 Å². The largest absolute Gasteiger partial charge is 0.497 e. The number of ether oxygens (including phenoxy) is 3. The van der Waals surface area contributed by atoms with E-state index in [0.29, 0.717) is 17.2 Å². The number of H-pyrrole nitrogens is 1. The maximum absolute atomic E-state index is 12.5. The molecular formula is C20H25N3O4. The second-order valence-electron chi connectivity index (χ2n) is 7.08. The molecule has 1 saturated carbocycles. The molecule has 2 heterocycles. The van der Waals surface area contributed by atoms with Crippen molar-refractivity contribution in [3.05, 3.63) is 23.9 Å². The lowest BCUT2D eigenvalue weighted by Gasteiger charge is -2.22. The van der Waals surface area contributed by atoms with Crippen molar-refractivity contribution < 1.29 is 19.0 Å².